The summed E-state index contributed by atoms with van der Waals surface area (Å²) in [6.45, 7) is 2.84. The Bertz CT molecular complexity index is 1130. The number of benzene rings is 1. The molecule has 0 amide bonds. The van der Waals surface area contributed by atoms with Crippen molar-refractivity contribution in [3.8, 4) is 11.3 Å². The number of aromatic amines is 1. The number of aliphatic imine (C=N–C) groups is 2. The maximum atomic E-state index is 6.39. The van der Waals surface area contributed by atoms with Gasteiger partial charge >= 0.3 is 0 Å². The third-order valence-electron chi connectivity index (χ3n) is 5.75. The van der Waals surface area contributed by atoms with Gasteiger partial charge in [0, 0.05) is 36.8 Å². The summed E-state index contributed by atoms with van der Waals surface area (Å²) in [5.41, 5.74) is 11.4. The average molecular weight is 509 g/mol. The second-order valence-corrected chi connectivity index (χ2v) is 8.98. The van der Waals surface area contributed by atoms with Crippen LogP contribution in [0.1, 0.15) is 26.2 Å². The lowest BCUT2D eigenvalue weighted by Gasteiger charge is -2.24. The number of rotatable bonds is 7. The Labute approximate surface area is 202 Å². The van der Waals surface area contributed by atoms with Crippen LogP contribution in [0.3, 0.4) is 0 Å². The van der Waals surface area contributed by atoms with Crippen LogP contribution in [0, 0.1) is 0 Å². The molecule has 0 saturated carbocycles. The predicted octanol–water partition coefficient (Wildman–Crippen LogP) is 5.02. The first-order chi connectivity index (χ1) is 16.0. The number of amidine groups is 1. The van der Waals surface area contributed by atoms with Gasteiger partial charge in [-0.1, -0.05) is 40.2 Å². The highest BCUT2D eigenvalue weighted by Gasteiger charge is 2.21. The zero-order valence-electron chi connectivity index (χ0n) is 18.9. The summed E-state index contributed by atoms with van der Waals surface area (Å²) in [6, 6.07) is 10.1. The highest BCUT2D eigenvalue weighted by atomic mass is 79.9. The molecular weight excluding hydrogens is 480 g/mol. The molecule has 0 fully saturated rings. The van der Waals surface area contributed by atoms with E-state index < -0.39 is 0 Å². The summed E-state index contributed by atoms with van der Waals surface area (Å²) in [5, 5.41) is 11.0. The Kier molecular flexibility index (Phi) is 7.57. The van der Waals surface area contributed by atoms with Gasteiger partial charge in [-0.15, -0.1) is 0 Å². The normalized spacial score (nSPS) is 19.9. The van der Waals surface area contributed by atoms with Crippen molar-refractivity contribution < 1.29 is 4.74 Å². The largest absolute Gasteiger partial charge is 0.383 e. The van der Waals surface area contributed by atoms with Crippen LogP contribution in [-0.4, -0.2) is 48.0 Å². The van der Waals surface area contributed by atoms with Crippen molar-refractivity contribution in [3.05, 3.63) is 69.9 Å². The molecule has 4 N–H and O–H groups in total. The lowest BCUT2D eigenvalue weighted by Crippen LogP contribution is -2.25. The van der Waals surface area contributed by atoms with E-state index in [1.54, 1.807) is 7.11 Å². The minimum absolute atomic E-state index is 0.00688. The number of hydrogen-bond donors (Lipinski definition) is 3. The molecular formula is C25H29BrN6O. The van der Waals surface area contributed by atoms with Gasteiger partial charge in [-0.2, -0.15) is 5.10 Å². The zero-order valence-corrected chi connectivity index (χ0v) is 20.5. The molecule has 2 atom stereocenters. The first-order valence-corrected chi connectivity index (χ1v) is 11.9. The molecule has 0 bridgehead atoms. The summed E-state index contributed by atoms with van der Waals surface area (Å²) in [6.07, 6.45) is 10.6. The number of nitrogens with two attached hydrogens (primary N) is 1. The number of halogens is 1. The van der Waals surface area contributed by atoms with Gasteiger partial charge in [0.25, 0.3) is 0 Å². The maximum absolute atomic E-state index is 6.39. The van der Waals surface area contributed by atoms with Crippen LogP contribution in [0.5, 0.6) is 0 Å². The van der Waals surface area contributed by atoms with E-state index in [2.05, 4.69) is 61.6 Å². The zero-order chi connectivity index (χ0) is 23.2. The van der Waals surface area contributed by atoms with Gasteiger partial charge < -0.3 is 15.8 Å². The van der Waals surface area contributed by atoms with Crippen LogP contribution in [0.4, 0.5) is 5.82 Å². The average Bonchev–Trinajstić information content (AvgIpc) is 3.11. The van der Waals surface area contributed by atoms with Crippen LogP contribution in [0.2, 0.25) is 0 Å². The lowest BCUT2D eigenvalue weighted by atomic mass is 9.96. The molecule has 8 heteroatoms. The van der Waals surface area contributed by atoms with Gasteiger partial charge in [0.1, 0.15) is 11.7 Å². The molecule has 4 rings (SSSR count). The Morgan fingerprint density at radius 1 is 1.30 bits per heavy atom. The van der Waals surface area contributed by atoms with Crippen LogP contribution in [0.25, 0.3) is 11.3 Å². The van der Waals surface area contributed by atoms with Crippen LogP contribution >= 0.6 is 15.9 Å². The van der Waals surface area contributed by atoms with E-state index in [1.165, 1.54) is 0 Å². The van der Waals surface area contributed by atoms with Gasteiger partial charge in [0.05, 0.1) is 23.5 Å². The van der Waals surface area contributed by atoms with Crippen LogP contribution in [-0.2, 0) is 4.74 Å². The van der Waals surface area contributed by atoms with Crippen molar-refractivity contribution in [1.29, 1.82) is 0 Å². The number of hydrogen-bond acceptors (Lipinski definition) is 5. The molecule has 2 aromatic rings. The molecule has 2 unspecified atom stereocenters. The maximum Gasteiger partial charge on any atom is 0.148 e. The minimum Gasteiger partial charge on any atom is -0.383 e. The quantitative estimate of drug-likeness (QED) is 0.361. The highest BCUT2D eigenvalue weighted by Crippen LogP contribution is 2.28. The van der Waals surface area contributed by atoms with Crippen molar-refractivity contribution in [2.24, 2.45) is 15.7 Å². The molecule has 1 aliphatic heterocycles. The van der Waals surface area contributed by atoms with Gasteiger partial charge in [-0.05, 0) is 54.7 Å². The van der Waals surface area contributed by atoms with Crippen LogP contribution in [0.15, 0.2) is 79.9 Å². The Morgan fingerprint density at radius 3 is 2.91 bits per heavy atom. The van der Waals surface area contributed by atoms with Crippen molar-refractivity contribution in [1.82, 2.24) is 10.2 Å². The van der Waals surface area contributed by atoms with Crippen LogP contribution < -0.4 is 11.1 Å². The molecule has 0 spiro atoms. The molecule has 1 aliphatic carbocycles. The molecule has 7 nitrogen and oxygen atoms in total. The van der Waals surface area contributed by atoms with E-state index in [0.29, 0.717) is 5.84 Å². The SMILES string of the molecule is COC1C=C(C(C)Nc2cc(-c3ccc(Br)cc3)[nH]n2)C(N=C(N)C2=CCC=NCC2)=CC1. The number of allylic oxidation sites excluding steroid dienone is 1. The first kappa shape index (κ1) is 23.2. The third-order valence-corrected chi connectivity index (χ3v) is 6.28. The number of aromatic nitrogens is 2. The van der Waals surface area contributed by atoms with Gasteiger partial charge in [0.15, 0.2) is 0 Å². The number of methoxy groups -OCH3 is 1. The van der Waals surface area contributed by atoms with E-state index >= 15 is 0 Å². The standard InChI is InChI=1S/C25H29BrN6O/c1-16(29-24-15-23(31-32-24)17-5-7-19(26)8-6-17)21-14-20(33-2)9-10-22(21)30-25(27)18-4-3-12-28-13-11-18/h4-8,10,12,14-16,20H,3,9,11,13H2,1-2H3,(H2,27,30)(H2,29,31,32). The topological polar surface area (TPSA) is 101 Å². The molecule has 2 heterocycles. The highest BCUT2D eigenvalue weighted by molar-refractivity contribution is 9.10. The Morgan fingerprint density at radius 2 is 2.12 bits per heavy atom. The molecule has 1 aromatic carbocycles. The number of H-pyrrole nitrogens is 1. The second-order valence-electron chi connectivity index (χ2n) is 8.06. The number of nitrogens with zero attached hydrogens (tertiary/aromatic N) is 3. The first-order valence-electron chi connectivity index (χ1n) is 11.1. The second kappa shape index (κ2) is 10.8. The Hall–Kier alpha value is -2.97. The van der Waals surface area contributed by atoms with Gasteiger partial charge in [-0.25, -0.2) is 4.99 Å². The molecule has 0 radical (unpaired) electrons. The smallest absolute Gasteiger partial charge is 0.148 e. The van der Waals surface area contributed by atoms with E-state index in [0.717, 1.165) is 64.2 Å². The fourth-order valence-electron chi connectivity index (χ4n) is 3.89. The molecule has 0 saturated heterocycles. The number of anilines is 1. The molecule has 33 heavy (non-hydrogen) atoms. The number of nitrogens with one attached hydrogen (secondary N) is 2. The van der Waals surface area contributed by atoms with E-state index in [9.17, 15) is 0 Å². The van der Waals surface area contributed by atoms with E-state index in [1.807, 2.05) is 36.5 Å². The third kappa shape index (κ3) is 5.89. The number of ether oxygens (including phenoxy) is 1. The monoisotopic (exact) mass is 508 g/mol. The molecule has 172 valence electrons. The van der Waals surface area contributed by atoms with Gasteiger partial charge in [0.2, 0.25) is 0 Å². The summed E-state index contributed by atoms with van der Waals surface area (Å²) < 4.78 is 6.64. The van der Waals surface area contributed by atoms with E-state index in [4.69, 9.17) is 15.5 Å². The summed E-state index contributed by atoms with van der Waals surface area (Å²) in [7, 11) is 1.72. The van der Waals surface area contributed by atoms with Crippen molar-refractivity contribution in [3.63, 3.8) is 0 Å². The summed E-state index contributed by atoms with van der Waals surface area (Å²) in [4.78, 5) is 9.15. The van der Waals surface area contributed by atoms with Gasteiger partial charge in [-0.3, -0.25) is 10.1 Å². The summed E-state index contributed by atoms with van der Waals surface area (Å²) >= 11 is 3.47. The van der Waals surface area contributed by atoms with Crippen molar-refractivity contribution in [2.75, 3.05) is 19.0 Å². The molecule has 2 aliphatic rings. The van der Waals surface area contributed by atoms with Crippen molar-refractivity contribution >= 4 is 33.8 Å². The minimum atomic E-state index is -0.0433. The lowest BCUT2D eigenvalue weighted by molar-refractivity contribution is 0.141. The predicted molar refractivity (Wildman–Crippen MR) is 139 cm³/mol. The summed E-state index contributed by atoms with van der Waals surface area (Å²) in [5.74, 6) is 1.32. The molecule has 1 aromatic heterocycles. The fourth-order valence-corrected chi connectivity index (χ4v) is 4.16. The van der Waals surface area contributed by atoms with E-state index in [-0.39, 0.29) is 12.1 Å². The Balaban J connectivity index is 1.52. The van der Waals surface area contributed by atoms with Crippen molar-refractivity contribution in [2.45, 2.75) is 38.3 Å². The fraction of sp³-hybridized carbons (Fsp3) is 0.320.